The second-order valence-corrected chi connectivity index (χ2v) is 6.99. The van der Waals surface area contributed by atoms with E-state index < -0.39 is 0 Å². The van der Waals surface area contributed by atoms with E-state index in [-0.39, 0.29) is 24.1 Å². The number of rotatable bonds is 6. The summed E-state index contributed by atoms with van der Waals surface area (Å²) in [6.45, 7) is 0.707. The number of hydrogen-bond donors (Lipinski definition) is 1. The molecule has 148 valence electrons. The predicted octanol–water partition coefficient (Wildman–Crippen LogP) is 4.78. The molecule has 0 spiro atoms. The Morgan fingerprint density at radius 2 is 1.97 bits per heavy atom. The van der Waals surface area contributed by atoms with E-state index in [0.717, 1.165) is 12.1 Å². The average Bonchev–Trinajstić information content (AvgIpc) is 3.36. The number of carbonyl (C=O) groups excluding carboxylic acids is 2. The summed E-state index contributed by atoms with van der Waals surface area (Å²) in [5.74, 6) is 0.675. The number of benzene rings is 2. The van der Waals surface area contributed by atoms with Gasteiger partial charge in [-0.2, -0.15) is 0 Å². The van der Waals surface area contributed by atoms with Crippen molar-refractivity contribution in [1.29, 1.82) is 0 Å². The zero-order valence-electron chi connectivity index (χ0n) is 15.9. The molecule has 1 aromatic heterocycles. The highest BCUT2D eigenvalue weighted by atomic mass is 19.1. The fourth-order valence-corrected chi connectivity index (χ4v) is 3.45. The van der Waals surface area contributed by atoms with Crippen molar-refractivity contribution in [2.75, 3.05) is 16.8 Å². The summed E-state index contributed by atoms with van der Waals surface area (Å²) in [5, 5.41) is 2.86. The van der Waals surface area contributed by atoms with Crippen LogP contribution in [0.25, 0.3) is 11.3 Å². The van der Waals surface area contributed by atoms with Gasteiger partial charge >= 0.3 is 0 Å². The number of furan rings is 1. The van der Waals surface area contributed by atoms with Crippen molar-refractivity contribution in [2.45, 2.75) is 25.7 Å². The van der Waals surface area contributed by atoms with Crippen LogP contribution in [0, 0.1) is 5.82 Å². The van der Waals surface area contributed by atoms with Crippen LogP contribution < -0.4 is 10.2 Å². The maximum absolute atomic E-state index is 13.9. The molecule has 3 aromatic rings. The third-order valence-electron chi connectivity index (χ3n) is 4.91. The van der Waals surface area contributed by atoms with Gasteiger partial charge in [0, 0.05) is 37.2 Å². The number of hydrogen-bond acceptors (Lipinski definition) is 3. The van der Waals surface area contributed by atoms with E-state index in [4.69, 9.17) is 4.42 Å². The molecule has 1 fully saturated rings. The summed E-state index contributed by atoms with van der Waals surface area (Å²) >= 11 is 0. The molecule has 4 rings (SSSR count). The quantitative estimate of drug-likeness (QED) is 0.656. The molecular weight excluding hydrogens is 371 g/mol. The molecule has 1 saturated heterocycles. The Morgan fingerprint density at radius 1 is 1.10 bits per heavy atom. The van der Waals surface area contributed by atoms with Gasteiger partial charge in [-0.25, -0.2) is 4.39 Å². The number of nitrogens with one attached hydrogen (secondary N) is 1. The van der Waals surface area contributed by atoms with Gasteiger partial charge in [0.25, 0.3) is 0 Å². The van der Waals surface area contributed by atoms with Gasteiger partial charge in [-0.05, 0) is 48.9 Å². The molecule has 6 heteroatoms. The van der Waals surface area contributed by atoms with Gasteiger partial charge in [0.1, 0.15) is 17.3 Å². The van der Waals surface area contributed by atoms with Gasteiger partial charge in [-0.3, -0.25) is 9.59 Å². The lowest BCUT2D eigenvalue weighted by molar-refractivity contribution is -0.117. The molecule has 0 radical (unpaired) electrons. The fraction of sp³-hybridized carbons (Fsp3) is 0.217. The minimum absolute atomic E-state index is 0.108. The standard InChI is InChI=1S/C23H21FN2O3/c24-20-8-2-1-7-19(20)21-12-10-18(29-21)11-13-22(27)25-16-5-3-6-17(15-16)26-14-4-9-23(26)28/h1-3,5-8,10,12,15H,4,9,11,13-14H2,(H,25,27). The molecule has 1 aliphatic rings. The summed E-state index contributed by atoms with van der Waals surface area (Å²) in [4.78, 5) is 26.0. The largest absolute Gasteiger partial charge is 0.461 e. The van der Waals surface area contributed by atoms with Crippen LogP contribution in [0.2, 0.25) is 0 Å². The van der Waals surface area contributed by atoms with Crippen LogP contribution in [0.4, 0.5) is 15.8 Å². The van der Waals surface area contributed by atoms with E-state index in [9.17, 15) is 14.0 Å². The Morgan fingerprint density at radius 3 is 2.76 bits per heavy atom. The van der Waals surface area contributed by atoms with Crippen molar-refractivity contribution in [3.63, 3.8) is 0 Å². The van der Waals surface area contributed by atoms with Gasteiger partial charge in [0.15, 0.2) is 0 Å². The molecule has 1 aliphatic heterocycles. The number of nitrogens with zero attached hydrogens (tertiary/aromatic N) is 1. The average molecular weight is 392 g/mol. The maximum atomic E-state index is 13.9. The molecule has 0 bridgehead atoms. The van der Waals surface area contributed by atoms with Crippen LogP contribution in [0.15, 0.2) is 65.1 Å². The van der Waals surface area contributed by atoms with Crippen molar-refractivity contribution in [2.24, 2.45) is 0 Å². The van der Waals surface area contributed by atoms with E-state index in [1.54, 1.807) is 41.3 Å². The van der Waals surface area contributed by atoms with Crippen molar-refractivity contribution >= 4 is 23.2 Å². The van der Waals surface area contributed by atoms with Crippen molar-refractivity contribution in [3.05, 3.63) is 72.2 Å². The van der Waals surface area contributed by atoms with Crippen LogP contribution in [-0.2, 0) is 16.0 Å². The van der Waals surface area contributed by atoms with Crippen LogP contribution >= 0.6 is 0 Å². The highest BCUT2D eigenvalue weighted by Gasteiger charge is 2.21. The summed E-state index contributed by atoms with van der Waals surface area (Å²) < 4.78 is 19.5. The number of aryl methyl sites for hydroxylation is 1. The fourth-order valence-electron chi connectivity index (χ4n) is 3.45. The van der Waals surface area contributed by atoms with Crippen LogP contribution in [0.1, 0.15) is 25.0 Å². The van der Waals surface area contributed by atoms with Gasteiger partial charge in [0.05, 0.1) is 5.56 Å². The monoisotopic (exact) mass is 392 g/mol. The minimum Gasteiger partial charge on any atom is -0.461 e. The first-order chi connectivity index (χ1) is 14.1. The Balaban J connectivity index is 1.35. The van der Waals surface area contributed by atoms with Crippen LogP contribution in [0.3, 0.4) is 0 Å². The van der Waals surface area contributed by atoms with Gasteiger partial charge < -0.3 is 14.6 Å². The molecule has 2 aromatic carbocycles. The normalized spacial score (nSPS) is 13.7. The zero-order chi connectivity index (χ0) is 20.2. The van der Waals surface area contributed by atoms with Gasteiger partial charge in [0.2, 0.25) is 11.8 Å². The first-order valence-corrected chi connectivity index (χ1v) is 9.64. The van der Waals surface area contributed by atoms with Crippen molar-refractivity contribution < 1.29 is 18.4 Å². The molecule has 2 heterocycles. The Hall–Kier alpha value is -3.41. The predicted molar refractivity (Wildman–Crippen MR) is 109 cm³/mol. The van der Waals surface area contributed by atoms with E-state index in [1.807, 2.05) is 18.2 Å². The SMILES string of the molecule is O=C(CCc1ccc(-c2ccccc2F)o1)Nc1cccc(N2CCCC2=O)c1. The molecule has 2 amide bonds. The first kappa shape index (κ1) is 18.9. The number of anilines is 2. The summed E-state index contributed by atoms with van der Waals surface area (Å²) in [6, 6.07) is 17.2. The molecule has 0 aliphatic carbocycles. The summed E-state index contributed by atoms with van der Waals surface area (Å²) in [6.07, 6.45) is 2.06. The molecular formula is C23H21FN2O3. The smallest absolute Gasteiger partial charge is 0.227 e. The Kier molecular flexibility index (Phi) is 5.42. The van der Waals surface area contributed by atoms with Crippen molar-refractivity contribution in [1.82, 2.24) is 0 Å². The third-order valence-corrected chi connectivity index (χ3v) is 4.91. The van der Waals surface area contributed by atoms with E-state index >= 15 is 0 Å². The van der Waals surface area contributed by atoms with Gasteiger partial charge in [-0.15, -0.1) is 0 Å². The Labute approximate surface area is 168 Å². The van der Waals surface area contributed by atoms with Crippen molar-refractivity contribution in [3.8, 4) is 11.3 Å². The van der Waals surface area contributed by atoms with Crippen LogP contribution in [-0.4, -0.2) is 18.4 Å². The lowest BCUT2D eigenvalue weighted by atomic mass is 10.1. The van der Waals surface area contributed by atoms with Gasteiger partial charge in [-0.1, -0.05) is 18.2 Å². The summed E-state index contributed by atoms with van der Waals surface area (Å²) in [7, 11) is 0. The van der Waals surface area contributed by atoms with E-state index in [0.29, 0.717) is 42.2 Å². The van der Waals surface area contributed by atoms with Crippen LogP contribution in [0.5, 0.6) is 0 Å². The number of carbonyl (C=O) groups is 2. The topological polar surface area (TPSA) is 62.6 Å². The molecule has 0 unspecified atom stereocenters. The maximum Gasteiger partial charge on any atom is 0.227 e. The lowest BCUT2D eigenvalue weighted by Crippen LogP contribution is -2.23. The third kappa shape index (κ3) is 4.37. The highest BCUT2D eigenvalue weighted by Crippen LogP contribution is 2.26. The Bertz CT molecular complexity index is 1040. The minimum atomic E-state index is -0.345. The lowest BCUT2D eigenvalue weighted by Gasteiger charge is -2.16. The molecule has 1 N–H and O–H groups in total. The molecule has 0 saturated carbocycles. The summed E-state index contributed by atoms with van der Waals surface area (Å²) in [5.41, 5.74) is 1.85. The number of amides is 2. The first-order valence-electron chi connectivity index (χ1n) is 9.64. The highest BCUT2D eigenvalue weighted by molar-refractivity contribution is 5.97. The molecule has 0 atom stereocenters. The zero-order valence-corrected chi connectivity index (χ0v) is 15.9. The molecule has 5 nitrogen and oxygen atoms in total. The van der Waals surface area contributed by atoms with E-state index in [2.05, 4.69) is 5.32 Å². The number of halogens is 1. The van der Waals surface area contributed by atoms with E-state index in [1.165, 1.54) is 6.07 Å². The second kappa shape index (κ2) is 8.31. The second-order valence-electron chi connectivity index (χ2n) is 6.99. The molecule has 29 heavy (non-hydrogen) atoms.